The summed E-state index contributed by atoms with van der Waals surface area (Å²) in [5.74, 6) is -0.0149. The minimum Gasteiger partial charge on any atom is -0.340 e. The lowest BCUT2D eigenvalue weighted by Crippen LogP contribution is -2.53. The van der Waals surface area contributed by atoms with Crippen LogP contribution in [0.3, 0.4) is 0 Å². The van der Waals surface area contributed by atoms with E-state index >= 15 is 0 Å². The lowest BCUT2D eigenvalue weighted by Gasteiger charge is -2.38. The van der Waals surface area contributed by atoms with Crippen LogP contribution in [0.5, 0.6) is 0 Å². The van der Waals surface area contributed by atoms with Crippen LogP contribution in [0.15, 0.2) is 29.2 Å². The molecule has 3 aliphatic heterocycles. The molecule has 0 aromatic heterocycles. The van der Waals surface area contributed by atoms with Gasteiger partial charge in [0.2, 0.25) is 15.9 Å². The molecule has 0 N–H and O–H groups in total. The van der Waals surface area contributed by atoms with E-state index in [0.717, 1.165) is 25.9 Å². The van der Waals surface area contributed by atoms with E-state index in [9.17, 15) is 18.0 Å². The van der Waals surface area contributed by atoms with Crippen LogP contribution in [0.2, 0.25) is 5.02 Å². The van der Waals surface area contributed by atoms with Crippen molar-refractivity contribution in [2.24, 2.45) is 5.92 Å². The van der Waals surface area contributed by atoms with Gasteiger partial charge in [-0.1, -0.05) is 11.6 Å². The number of benzene rings is 1. The standard InChI is InChI=1S/C21H29ClN4O4S/c22-18-3-5-19(6-4-18)31(29,30)26-15-13-23(14-16-26)20(27)17-7-11-25(12-8-17)21(28)24-9-1-2-10-24/h3-6,17H,1-2,7-16H2. The SMILES string of the molecule is O=C(C1CCN(C(=O)N2CCCC2)CC1)N1CCN(S(=O)(=O)c2ccc(Cl)cc2)CC1. The number of rotatable bonds is 3. The third-order valence-electron chi connectivity index (χ3n) is 6.49. The zero-order valence-corrected chi connectivity index (χ0v) is 19.2. The van der Waals surface area contributed by atoms with Gasteiger partial charge in [-0.3, -0.25) is 4.79 Å². The van der Waals surface area contributed by atoms with Gasteiger partial charge in [-0.2, -0.15) is 4.31 Å². The third-order valence-corrected chi connectivity index (χ3v) is 8.66. The van der Waals surface area contributed by atoms with Crippen molar-refractivity contribution >= 4 is 33.6 Å². The van der Waals surface area contributed by atoms with E-state index in [1.54, 1.807) is 17.0 Å². The maximum Gasteiger partial charge on any atom is 0.319 e. The molecule has 1 aromatic rings. The second-order valence-corrected chi connectivity index (χ2v) is 10.8. The molecule has 10 heteroatoms. The Labute approximate surface area is 188 Å². The molecule has 3 heterocycles. The maximum absolute atomic E-state index is 13.0. The summed E-state index contributed by atoms with van der Waals surface area (Å²) >= 11 is 5.86. The number of nitrogens with zero attached hydrogens (tertiary/aromatic N) is 4. The molecule has 3 amide bonds. The molecule has 3 fully saturated rings. The molecule has 0 spiro atoms. The largest absolute Gasteiger partial charge is 0.340 e. The van der Waals surface area contributed by atoms with Crippen molar-refractivity contribution in [1.82, 2.24) is 19.0 Å². The fourth-order valence-corrected chi connectivity index (χ4v) is 6.14. The summed E-state index contributed by atoms with van der Waals surface area (Å²) in [5, 5.41) is 0.488. The summed E-state index contributed by atoms with van der Waals surface area (Å²) in [7, 11) is -3.59. The Morgan fingerprint density at radius 3 is 1.90 bits per heavy atom. The molecular weight excluding hydrogens is 440 g/mol. The Bertz CT molecular complexity index is 902. The van der Waals surface area contributed by atoms with Crippen molar-refractivity contribution in [3.63, 3.8) is 0 Å². The Morgan fingerprint density at radius 2 is 1.32 bits per heavy atom. The van der Waals surface area contributed by atoms with Crippen molar-refractivity contribution in [3.8, 4) is 0 Å². The molecule has 0 aliphatic carbocycles. The average Bonchev–Trinajstić information content (AvgIpc) is 3.34. The number of amides is 3. The van der Waals surface area contributed by atoms with Crippen LogP contribution in [0, 0.1) is 5.92 Å². The number of likely N-dealkylation sites (tertiary alicyclic amines) is 2. The van der Waals surface area contributed by atoms with E-state index in [1.165, 1.54) is 16.4 Å². The number of hydrogen-bond acceptors (Lipinski definition) is 4. The normalized spacial score (nSPS) is 21.5. The van der Waals surface area contributed by atoms with Gasteiger partial charge in [-0.25, -0.2) is 13.2 Å². The molecule has 3 saturated heterocycles. The number of piperazine rings is 1. The van der Waals surface area contributed by atoms with Crippen LogP contribution in [-0.4, -0.2) is 91.7 Å². The van der Waals surface area contributed by atoms with Crippen LogP contribution in [0.25, 0.3) is 0 Å². The summed E-state index contributed by atoms with van der Waals surface area (Å²) in [4.78, 5) is 31.3. The first-order valence-electron chi connectivity index (χ1n) is 10.9. The molecule has 4 rings (SSSR count). The van der Waals surface area contributed by atoms with Gasteiger partial charge in [0.05, 0.1) is 4.90 Å². The van der Waals surface area contributed by atoms with Crippen LogP contribution >= 0.6 is 11.6 Å². The van der Waals surface area contributed by atoms with Crippen molar-refractivity contribution < 1.29 is 18.0 Å². The minimum atomic E-state index is -3.59. The van der Waals surface area contributed by atoms with Gasteiger partial charge in [-0.15, -0.1) is 0 Å². The highest BCUT2D eigenvalue weighted by atomic mass is 35.5. The molecule has 0 radical (unpaired) electrons. The quantitative estimate of drug-likeness (QED) is 0.680. The second-order valence-electron chi connectivity index (χ2n) is 8.42. The second kappa shape index (κ2) is 9.34. The van der Waals surface area contributed by atoms with Gasteiger partial charge in [0, 0.05) is 63.3 Å². The van der Waals surface area contributed by atoms with E-state index in [2.05, 4.69) is 0 Å². The molecule has 0 bridgehead atoms. The zero-order chi connectivity index (χ0) is 22.0. The van der Waals surface area contributed by atoms with Gasteiger partial charge < -0.3 is 14.7 Å². The lowest BCUT2D eigenvalue weighted by atomic mass is 9.95. The smallest absolute Gasteiger partial charge is 0.319 e. The molecule has 8 nitrogen and oxygen atoms in total. The monoisotopic (exact) mass is 468 g/mol. The van der Waals surface area contributed by atoms with Crippen molar-refractivity contribution in [2.75, 3.05) is 52.4 Å². The highest BCUT2D eigenvalue weighted by Crippen LogP contribution is 2.24. The van der Waals surface area contributed by atoms with Gasteiger partial charge >= 0.3 is 6.03 Å². The zero-order valence-electron chi connectivity index (χ0n) is 17.6. The first-order chi connectivity index (χ1) is 14.9. The molecule has 0 saturated carbocycles. The van der Waals surface area contributed by atoms with Crippen LogP contribution in [0.4, 0.5) is 4.79 Å². The summed E-state index contributed by atoms with van der Waals surface area (Å²) in [6.45, 7) is 4.22. The van der Waals surface area contributed by atoms with Gasteiger partial charge in [0.15, 0.2) is 0 Å². The molecule has 0 unspecified atom stereocenters. The number of hydrogen-bond donors (Lipinski definition) is 0. The number of carbonyl (C=O) groups excluding carboxylic acids is 2. The summed E-state index contributed by atoms with van der Waals surface area (Å²) in [6.07, 6.45) is 3.48. The fraction of sp³-hybridized carbons (Fsp3) is 0.619. The topological polar surface area (TPSA) is 81.2 Å². The van der Waals surface area contributed by atoms with E-state index in [0.29, 0.717) is 44.0 Å². The van der Waals surface area contributed by atoms with Gasteiger partial charge in [0.1, 0.15) is 0 Å². The summed E-state index contributed by atoms with van der Waals surface area (Å²) in [5.41, 5.74) is 0. The van der Waals surface area contributed by atoms with Crippen molar-refractivity contribution in [1.29, 1.82) is 0 Å². The van der Waals surface area contributed by atoms with Gasteiger partial charge in [-0.05, 0) is 49.9 Å². The first kappa shape index (κ1) is 22.4. The van der Waals surface area contributed by atoms with E-state index in [1.807, 2.05) is 9.80 Å². The highest BCUT2D eigenvalue weighted by Gasteiger charge is 2.35. The Hall–Kier alpha value is -1.84. The average molecular weight is 469 g/mol. The summed E-state index contributed by atoms with van der Waals surface area (Å²) in [6, 6.07) is 6.24. The number of carbonyl (C=O) groups is 2. The van der Waals surface area contributed by atoms with E-state index in [-0.39, 0.29) is 35.8 Å². The predicted molar refractivity (Wildman–Crippen MR) is 117 cm³/mol. The molecule has 1 aromatic carbocycles. The van der Waals surface area contributed by atoms with Crippen LogP contribution < -0.4 is 0 Å². The molecule has 3 aliphatic rings. The van der Waals surface area contributed by atoms with E-state index < -0.39 is 10.0 Å². The number of sulfonamides is 1. The van der Waals surface area contributed by atoms with Crippen molar-refractivity contribution in [2.45, 2.75) is 30.6 Å². The molecular formula is C21H29ClN4O4S. The number of urea groups is 1. The number of halogens is 1. The molecule has 0 atom stereocenters. The predicted octanol–water partition coefficient (Wildman–Crippen LogP) is 2.10. The molecule has 170 valence electrons. The lowest BCUT2D eigenvalue weighted by molar-refractivity contribution is -0.138. The van der Waals surface area contributed by atoms with Crippen LogP contribution in [-0.2, 0) is 14.8 Å². The first-order valence-corrected chi connectivity index (χ1v) is 12.8. The van der Waals surface area contributed by atoms with Crippen LogP contribution in [0.1, 0.15) is 25.7 Å². The third kappa shape index (κ3) is 4.83. The minimum absolute atomic E-state index is 0.0804. The summed E-state index contributed by atoms with van der Waals surface area (Å²) < 4.78 is 27.1. The molecule has 31 heavy (non-hydrogen) atoms. The Kier molecular flexibility index (Phi) is 6.74. The van der Waals surface area contributed by atoms with E-state index in [4.69, 9.17) is 11.6 Å². The number of piperidine rings is 1. The Balaban J connectivity index is 1.28. The Morgan fingerprint density at radius 1 is 0.774 bits per heavy atom. The van der Waals surface area contributed by atoms with Gasteiger partial charge in [0.25, 0.3) is 0 Å². The van der Waals surface area contributed by atoms with Crippen molar-refractivity contribution in [3.05, 3.63) is 29.3 Å². The maximum atomic E-state index is 13.0. The fourth-order valence-electron chi connectivity index (χ4n) is 4.59. The highest BCUT2D eigenvalue weighted by molar-refractivity contribution is 7.89.